The molecule has 0 atom stereocenters. The number of nitrogens with zero attached hydrogens (tertiary/aromatic N) is 1. The zero-order valence-corrected chi connectivity index (χ0v) is 13.5. The van der Waals surface area contributed by atoms with Crippen LogP contribution in [0.1, 0.15) is 33.5 Å². The Hall–Kier alpha value is -2.82. The van der Waals surface area contributed by atoms with Crippen LogP contribution >= 0.6 is 0 Å². The first-order chi connectivity index (χ1) is 11.6. The number of anilines is 1. The summed E-state index contributed by atoms with van der Waals surface area (Å²) in [5, 5.41) is 9.37. The second-order valence-corrected chi connectivity index (χ2v) is 5.86. The van der Waals surface area contributed by atoms with Gasteiger partial charge in [-0.15, -0.1) is 0 Å². The molecule has 0 aliphatic carbocycles. The molecule has 2 aromatic rings. The molecule has 1 amide bonds. The van der Waals surface area contributed by atoms with Gasteiger partial charge >= 0.3 is 12.1 Å². The van der Waals surface area contributed by atoms with E-state index in [1.807, 2.05) is 37.3 Å². The van der Waals surface area contributed by atoms with Crippen LogP contribution in [0.4, 0.5) is 10.5 Å². The van der Waals surface area contributed by atoms with Gasteiger partial charge in [0.1, 0.15) is 6.61 Å². The van der Waals surface area contributed by atoms with E-state index in [-0.39, 0.29) is 12.2 Å². The van der Waals surface area contributed by atoms with Crippen molar-refractivity contribution in [2.24, 2.45) is 0 Å². The first-order valence-corrected chi connectivity index (χ1v) is 7.92. The maximum absolute atomic E-state index is 12.5. The molecule has 0 spiro atoms. The molecular weight excluding hydrogens is 306 g/mol. The molecule has 1 N–H and O–H groups in total. The minimum absolute atomic E-state index is 0.198. The summed E-state index contributed by atoms with van der Waals surface area (Å²) in [6.45, 7) is 2.61. The molecule has 24 heavy (non-hydrogen) atoms. The lowest BCUT2D eigenvalue weighted by Gasteiger charge is -2.31. The molecule has 2 aromatic carbocycles. The summed E-state index contributed by atoms with van der Waals surface area (Å²) in [5.74, 6) is -0.967. The molecule has 0 saturated carbocycles. The van der Waals surface area contributed by atoms with Crippen molar-refractivity contribution in [2.75, 3.05) is 11.4 Å². The topological polar surface area (TPSA) is 66.8 Å². The molecule has 1 aliphatic rings. The van der Waals surface area contributed by atoms with E-state index in [4.69, 9.17) is 4.74 Å². The molecule has 0 fully saturated rings. The van der Waals surface area contributed by atoms with Crippen LogP contribution in [0.2, 0.25) is 0 Å². The Balaban J connectivity index is 1.85. The van der Waals surface area contributed by atoms with Gasteiger partial charge in [0.2, 0.25) is 0 Å². The van der Waals surface area contributed by atoms with Gasteiger partial charge in [0.15, 0.2) is 0 Å². The highest BCUT2D eigenvalue weighted by molar-refractivity contribution is 5.96. The lowest BCUT2D eigenvalue weighted by atomic mass is 9.93. The maximum atomic E-state index is 12.5. The number of carbonyl (C=O) groups is 2. The Bertz CT molecular complexity index is 770. The Morgan fingerprint density at radius 1 is 1.17 bits per heavy atom. The predicted octanol–water partition coefficient (Wildman–Crippen LogP) is 3.78. The number of aryl methyl sites for hydroxylation is 1. The van der Waals surface area contributed by atoms with Gasteiger partial charge in [-0.3, -0.25) is 4.90 Å². The highest BCUT2D eigenvalue weighted by Crippen LogP contribution is 2.33. The van der Waals surface area contributed by atoms with E-state index < -0.39 is 12.1 Å². The van der Waals surface area contributed by atoms with Crippen molar-refractivity contribution in [1.82, 2.24) is 0 Å². The standard InChI is InChI=1S/C19H19NO4/c1-13-9-10-16(18(21)22)15-8-5-11-20(17(13)15)19(23)24-12-14-6-3-2-4-7-14/h2-4,6-7,9-10H,5,8,11-12H2,1H3,(H,21,22). The number of fused-ring (bicyclic) bond motifs is 1. The van der Waals surface area contributed by atoms with Crippen LogP contribution in [-0.2, 0) is 17.8 Å². The smallest absolute Gasteiger partial charge is 0.414 e. The van der Waals surface area contributed by atoms with Gasteiger partial charge in [0.25, 0.3) is 0 Å². The third-order valence-corrected chi connectivity index (χ3v) is 4.22. The van der Waals surface area contributed by atoms with Crippen LogP contribution in [0.15, 0.2) is 42.5 Å². The predicted molar refractivity (Wildman–Crippen MR) is 90.4 cm³/mol. The highest BCUT2D eigenvalue weighted by atomic mass is 16.6. The van der Waals surface area contributed by atoms with Gasteiger partial charge in [0.05, 0.1) is 11.3 Å². The molecule has 0 aromatic heterocycles. The maximum Gasteiger partial charge on any atom is 0.414 e. The molecule has 124 valence electrons. The average molecular weight is 325 g/mol. The van der Waals surface area contributed by atoms with Crippen molar-refractivity contribution in [3.63, 3.8) is 0 Å². The van der Waals surface area contributed by atoms with Crippen molar-refractivity contribution in [3.8, 4) is 0 Å². The molecule has 0 saturated heterocycles. The summed E-state index contributed by atoms with van der Waals surface area (Å²) >= 11 is 0. The third kappa shape index (κ3) is 3.11. The van der Waals surface area contributed by atoms with Crippen LogP contribution in [0.3, 0.4) is 0 Å². The highest BCUT2D eigenvalue weighted by Gasteiger charge is 2.28. The van der Waals surface area contributed by atoms with Crippen molar-refractivity contribution >= 4 is 17.7 Å². The Kier molecular flexibility index (Phi) is 4.51. The molecule has 0 radical (unpaired) electrons. The summed E-state index contributed by atoms with van der Waals surface area (Å²) in [6.07, 6.45) is 0.934. The van der Waals surface area contributed by atoms with Crippen molar-refractivity contribution < 1.29 is 19.4 Å². The number of ether oxygens (including phenoxy) is 1. The van der Waals surface area contributed by atoms with Crippen molar-refractivity contribution in [1.29, 1.82) is 0 Å². The number of hydrogen-bond donors (Lipinski definition) is 1. The van der Waals surface area contributed by atoms with Gasteiger partial charge in [-0.05, 0) is 42.5 Å². The number of benzene rings is 2. The average Bonchev–Trinajstić information content (AvgIpc) is 2.60. The zero-order valence-electron chi connectivity index (χ0n) is 13.5. The molecule has 0 unspecified atom stereocenters. The number of amides is 1. The molecule has 3 rings (SSSR count). The summed E-state index contributed by atoms with van der Waals surface area (Å²) in [4.78, 5) is 25.5. The van der Waals surface area contributed by atoms with Crippen LogP contribution in [0, 0.1) is 6.92 Å². The number of hydrogen-bond acceptors (Lipinski definition) is 3. The van der Waals surface area contributed by atoms with E-state index in [0.717, 1.165) is 17.5 Å². The van der Waals surface area contributed by atoms with Crippen LogP contribution < -0.4 is 4.90 Å². The van der Waals surface area contributed by atoms with Gasteiger partial charge in [-0.1, -0.05) is 36.4 Å². The van der Waals surface area contributed by atoms with Crippen LogP contribution in [0.5, 0.6) is 0 Å². The fourth-order valence-corrected chi connectivity index (χ4v) is 3.09. The first-order valence-electron chi connectivity index (χ1n) is 7.92. The van der Waals surface area contributed by atoms with Gasteiger partial charge in [-0.2, -0.15) is 0 Å². The van der Waals surface area contributed by atoms with E-state index in [9.17, 15) is 14.7 Å². The fraction of sp³-hybridized carbons (Fsp3) is 0.263. The summed E-state index contributed by atoms with van der Waals surface area (Å²) in [5.41, 5.74) is 3.45. The lowest BCUT2D eigenvalue weighted by Crippen LogP contribution is -2.37. The molecular formula is C19H19NO4. The summed E-state index contributed by atoms with van der Waals surface area (Å²) < 4.78 is 5.42. The monoisotopic (exact) mass is 325 g/mol. The van der Waals surface area contributed by atoms with Crippen molar-refractivity contribution in [2.45, 2.75) is 26.4 Å². The Labute approximate surface area is 140 Å². The van der Waals surface area contributed by atoms with E-state index in [0.29, 0.717) is 24.2 Å². The van der Waals surface area contributed by atoms with Crippen LogP contribution in [-0.4, -0.2) is 23.7 Å². The first kappa shape index (κ1) is 16.1. The Morgan fingerprint density at radius 2 is 1.92 bits per heavy atom. The zero-order chi connectivity index (χ0) is 17.1. The lowest BCUT2D eigenvalue weighted by molar-refractivity contribution is 0.0695. The van der Waals surface area contributed by atoms with Crippen molar-refractivity contribution in [3.05, 3.63) is 64.7 Å². The minimum atomic E-state index is -0.967. The number of aromatic carboxylic acids is 1. The minimum Gasteiger partial charge on any atom is -0.478 e. The normalized spacial score (nSPS) is 13.3. The van der Waals surface area contributed by atoms with Crippen LogP contribution in [0.25, 0.3) is 0 Å². The molecule has 0 bridgehead atoms. The summed E-state index contributed by atoms with van der Waals surface area (Å²) in [7, 11) is 0. The second-order valence-electron chi connectivity index (χ2n) is 5.86. The van der Waals surface area contributed by atoms with Gasteiger partial charge in [0, 0.05) is 6.54 Å². The molecule has 5 nitrogen and oxygen atoms in total. The Morgan fingerprint density at radius 3 is 2.62 bits per heavy atom. The van der Waals surface area contributed by atoms with Gasteiger partial charge in [-0.25, -0.2) is 9.59 Å². The second kappa shape index (κ2) is 6.74. The molecule has 5 heteroatoms. The SMILES string of the molecule is Cc1ccc(C(=O)O)c2c1N(C(=O)OCc1ccccc1)CCC2. The fourth-order valence-electron chi connectivity index (χ4n) is 3.09. The largest absolute Gasteiger partial charge is 0.478 e. The van der Waals surface area contributed by atoms with E-state index >= 15 is 0 Å². The van der Waals surface area contributed by atoms with Gasteiger partial charge < -0.3 is 9.84 Å². The molecule has 1 aliphatic heterocycles. The number of carboxylic acid groups (broad SMARTS) is 1. The summed E-state index contributed by atoms with van der Waals surface area (Å²) in [6, 6.07) is 12.8. The van der Waals surface area contributed by atoms with E-state index in [1.165, 1.54) is 0 Å². The van der Waals surface area contributed by atoms with E-state index in [1.54, 1.807) is 17.0 Å². The third-order valence-electron chi connectivity index (χ3n) is 4.22. The molecule has 1 heterocycles. The number of carbonyl (C=O) groups excluding carboxylic acids is 1. The number of rotatable bonds is 3. The quantitative estimate of drug-likeness (QED) is 0.932. The van der Waals surface area contributed by atoms with E-state index in [2.05, 4.69) is 0 Å². The number of carboxylic acids is 1.